The largest absolute Gasteiger partial charge is 0.463 e. The van der Waals surface area contributed by atoms with Crippen molar-refractivity contribution in [1.29, 1.82) is 0 Å². The van der Waals surface area contributed by atoms with Gasteiger partial charge >= 0.3 is 6.09 Å². The minimum absolute atomic E-state index is 0.410. The summed E-state index contributed by atoms with van der Waals surface area (Å²) in [6.07, 6.45) is -1.11. The van der Waals surface area contributed by atoms with E-state index in [1.165, 1.54) is 0 Å². The molecule has 0 bridgehead atoms. The minimum atomic E-state index is -1.11. The third-order valence-corrected chi connectivity index (χ3v) is 1.93. The molecular weight excluding hydrogens is 168 g/mol. The second kappa shape index (κ2) is 2.54. The predicted octanol–water partition coefficient (Wildman–Crippen LogP) is 1.68. The third-order valence-electron chi connectivity index (χ3n) is 1.38. The van der Waals surface area contributed by atoms with Crippen molar-refractivity contribution in [3.8, 4) is 0 Å². The van der Waals surface area contributed by atoms with E-state index in [1.807, 2.05) is 0 Å². The molecule has 1 aromatic rings. The SMILES string of the molecule is Cc1nn(C(=O)O)c(C)c1Cl. The van der Waals surface area contributed by atoms with E-state index in [9.17, 15) is 4.79 Å². The lowest BCUT2D eigenvalue weighted by Gasteiger charge is -1.93. The molecule has 0 saturated heterocycles. The number of rotatable bonds is 0. The Morgan fingerprint density at radius 2 is 2.18 bits per heavy atom. The maximum absolute atomic E-state index is 10.4. The van der Waals surface area contributed by atoms with Crippen LogP contribution in [0.4, 0.5) is 4.79 Å². The molecule has 0 aliphatic rings. The van der Waals surface area contributed by atoms with Gasteiger partial charge in [-0.3, -0.25) is 0 Å². The quantitative estimate of drug-likeness (QED) is 0.651. The van der Waals surface area contributed by atoms with Gasteiger partial charge in [0.05, 0.1) is 16.4 Å². The molecule has 1 heterocycles. The van der Waals surface area contributed by atoms with Crippen molar-refractivity contribution in [3.63, 3.8) is 0 Å². The summed E-state index contributed by atoms with van der Waals surface area (Å²) in [6.45, 7) is 3.27. The highest BCUT2D eigenvalue weighted by Gasteiger charge is 2.12. The smallest absolute Gasteiger partial charge is 0.432 e. The van der Waals surface area contributed by atoms with Crippen LogP contribution in [0.5, 0.6) is 0 Å². The number of hydrogen-bond acceptors (Lipinski definition) is 2. The van der Waals surface area contributed by atoms with Crippen molar-refractivity contribution in [2.24, 2.45) is 0 Å². The third kappa shape index (κ3) is 1.21. The molecule has 0 radical (unpaired) electrons. The summed E-state index contributed by atoms with van der Waals surface area (Å²) in [6, 6.07) is 0. The lowest BCUT2D eigenvalue weighted by Crippen LogP contribution is -2.11. The molecule has 0 aliphatic heterocycles. The number of halogens is 1. The van der Waals surface area contributed by atoms with E-state index in [0.717, 1.165) is 4.68 Å². The Hall–Kier alpha value is -1.03. The van der Waals surface area contributed by atoms with Crippen molar-refractivity contribution in [1.82, 2.24) is 9.78 Å². The molecule has 0 spiro atoms. The van der Waals surface area contributed by atoms with E-state index in [2.05, 4.69) is 5.10 Å². The van der Waals surface area contributed by atoms with Crippen LogP contribution >= 0.6 is 11.6 Å². The fourth-order valence-corrected chi connectivity index (χ4v) is 0.928. The first-order chi connectivity index (χ1) is 5.04. The van der Waals surface area contributed by atoms with Crippen LogP contribution in [0.1, 0.15) is 11.4 Å². The molecule has 1 aromatic heterocycles. The highest BCUT2D eigenvalue weighted by atomic mass is 35.5. The lowest BCUT2D eigenvalue weighted by molar-refractivity contribution is 0.192. The molecule has 0 atom stereocenters. The zero-order valence-corrected chi connectivity index (χ0v) is 6.88. The Balaban J connectivity index is 3.29. The van der Waals surface area contributed by atoms with Crippen LogP contribution in [0.25, 0.3) is 0 Å². The van der Waals surface area contributed by atoms with E-state index >= 15 is 0 Å². The van der Waals surface area contributed by atoms with Crippen LogP contribution in [0.3, 0.4) is 0 Å². The number of aromatic nitrogens is 2. The van der Waals surface area contributed by atoms with Crippen LogP contribution in [0.15, 0.2) is 0 Å². The molecule has 0 fully saturated rings. The van der Waals surface area contributed by atoms with E-state index in [4.69, 9.17) is 16.7 Å². The normalized spacial score (nSPS) is 10.1. The molecule has 1 N–H and O–H groups in total. The number of carboxylic acid groups (broad SMARTS) is 1. The molecule has 5 heteroatoms. The molecule has 0 aromatic carbocycles. The van der Waals surface area contributed by atoms with Crippen LogP contribution in [0.2, 0.25) is 5.02 Å². The van der Waals surface area contributed by atoms with Gasteiger partial charge in [0.1, 0.15) is 0 Å². The first-order valence-electron chi connectivity index (χ1n) is 2.99. The standard InChI is InChI=1S/C6H7ClN2O2/c1-3-5(7)4(2)9(8-3)6(10)11/h1-2H3,(H,10,11). The van der Waals surface area contributed by atoms with Gasteiger partial charge < -0.3 is 5.11 Å². The van der Waals surface area contributed by atoms with Crippen LogP contribution in [-0.4, -0.2) is 21.0 Å². The van der Waals surface area contributed by atoms with E-state index in [-0.39, 0.29) is 0 Å². The Morgan fingerprint density at radius 1 is 1.64 bits per heavy atom. The molecule has 0 aliphatic carbocycles. The summed E-state index contributed by atoms with van der Waals surface area (Å²) >= 11 is 5.70. The summed E-state index contributed by atoms with van der Waals surface area (Å²) < 4.78 is 0.859. The number of hydrogen-bond donors (Lipinski definition) is 1. The van der Waals surface area contributed by atoms with Gasteiger partial charge in [-0.2, -0.15) is 9.78 Å². The molecule has 0 unspecified atom stereocenters. The zero-order chi connectivity index (χ0) is 8.59. The van der Waals surface area contributed by atoms with Gasteiger partial charge in [0.15, 0.2) is 0 Å². The Bertz CT molecular complexity index is 306. The van der Waals surface area contributed by atoms with Gasteiger partial charge in [-0.05, 0) is 13.8 Å². The second-order valence-corrected chi connectivity index (χ2v) is 2.56. The van der Waals surface area contributed by atoms with Gasteiger partial charge in [-0.15, -0.1) is 0 Å². The molecule has 0 amide bonds. The van der Waals surface area contributed by atoms with Gasteiger partial charge in [0.25, 0.3) is 0 Å². The topological polar surface area (TPSA) is 55.1 Å². The maximum Gasteiger partial charge on any atom is 0.432 e. The minimum Gasteiger partial charge on any atom is -0.463 e. The average molecular weight is 175 g/mol. The van der Waals surface area contributed by atoms with E-state index in [1.54, 1.807) is 13.8 Å². The zero-order valence-electron chi connectivity index (χ0n) is 6.13. The van der Waals surface area contributed by atoms with E-state index < -0.39 is 6.09 Å². The second-order valence-electron chi connectivity index (χ2n) is 2.18. The first kappa shape index (κ1) is 8.07. The lowest BCUT2D eigenvalue weighted by atomic mass is 10.4. The first-order valence-corrected chi connectivity index (χ1v) is 3.37. The van der Waals surface area contributed by atoms with Crippen LogP contribution < -0.4 is 0 Å². The highest BCUT2D eigenvalue weighted by Crippen LogP contribution is 2.18. The van der Waals surface area contributed by atoms with Crippen molar-refractivity contribution in [2.45, 2.75) is 13.8 Å². The Kier molecular flexibility index (Phi) is 1.87. The van der Waals surface area contributed by atoms with Crippen molar-refractivity contribution in [3.05, 3.63) is 16.4 Å². The molecule has 60 valence electrons. The molecule has 1 rings (SSSR count). The fourth-order valence-electron chi connectivity index (χ4n) is 0.810. The molecule has 0 saturated carbocycles. The predicted molar refractivity (Wildman–Crippen MR) is 40.1 cm³/mol. The average Bonchev–Trinajstić information content (AvgIpc) is 2.17. The number of carbonyl (C=O) groups is 1. The summed E-state index contributed by atoms with van der Waals surface area (Å²) in [7, 11) is 0. The molecule has 11 heavy (non-hydrogen) atoms. The Labute approximate surface area is 68.4 Å². The van der Waals surface area contributed by atoms with Crippen LogP contribution in [0, 0.1) is 13.8 Å². The summed E-state index contributed by atoms with van der Waals surface area (Å²) in [5.74, 6) is 0. The van der Waals surface area contributed by atoms with Gasteiger partial charge in [-0.25, -0.2) is 4.79 Å². The summed E-state index contributed by atoms with van der Waals surface area (Å²) in [5.41, 5.74) is 0.989. The highest BCUT2D eigenvalue weighted by molar-refractivity contribution is 6.31. The van der Waals surface area contributed by atoms with Gasteiger partial charge in [0, 0.05) is 0 Å². The van der Waals surface area contributed by atoms with E-state index in [0.29, 0.717) is 16.4 Å². The number of aryl methyl sites for hydroxylation is 1. The fraction of sp³-hybridized carbons (Fsp3) is 0.333. The number of nitrogens with zero attached hydrogens (tertiary/aromatic N) is 2. The van der Waals surface area contributed by atoms with Crippen molar-refractivity contribution < 1.29 is 9.90 Å². The maximum atomic E-state index is 10.4. The van der Waals surface area contributed by atoms with Crippen molar-refractivity contribution in [2.75, 3.05) is 0 Å². The van der Waals surface area contributed by atoms with Gasteiger partial charge in [0.2, 0.25) is 0 Å². The molecule has 4 nitrogen and oxygen atoms in total. The Morgan fingerprint density at radius 3 is 2.36 bits per heavy atom. The van der Waals surface area contributed by atoms with Crippen molar-refractivity contribution >= 4 is 17.7 Å². The van der Waals surface area contributed by atoms with Crippen LogP contribution in [-0.2, 0) is 0 Å². The van der Waals surface area contributed by atoms with Gasteiger partial charge in [-0.1, -0.05) is 11.6 Å². The summed E-state index contributed by atoms with van der Waals surface area (Å²) in [4.78, 5) is 10.4. The summed E-state index contributed by atoms with van der Waals surface area (Å²) in [5, 5.41) is 12.6. The monoisotopic (exact) mass is 174 g/mol. The molecular formula is C6H7ClN2O2.